The summed E-state index contributed by atoms with van der Waals surface area (Å²) in [6.45, 7) is 5.57. The number of rotatable bonds is 6. The smallest absolute Gasteiger partial charge is 0.255 e. The van der Waals surface area contributed by atoms with E-state index in [0.29, 0.717) is 22.6 Å². The number of hydrogen-bond donors (Lipinski definition) is 3. The molecule has 3 rings (SSSR count). The maximum Gasteiger partial charge on any atom is 0.255 e. The number of aryl methyl sites for hydroxylation is 1. The molecule has 0 saturated heterocycles. The Kier molecular flexibility index (Phi) is 6.57. The van der Waals surface area contributed by atoms with Gasteiger partial charge in [-0.3, -0.25) is 14.8 Å². The Labute approximate surface area is 188 Å². The van der Waals surface area contributed by atoms with Gasteiger partial charge in [0.25, 0.3) is 5.91 Å². The van der Waals surface area contributed by atoms with Crippen LogP contribution in [0.4, 0.5) is 11.4 Å². The Hall–Kier alpha value is -4.15. The summed E-state index contributed by atoms with van der Waals surface area (Å²) < 4.78 is 0. The van der Waals surface area contributed by atoms with Gasteiger partial charge in [-0.1, -0.05) is 18.2 Å². The molecule has 0 fully saturated rings. The van der Waals surface area contributed by atoms with Gasteiger partial charge in [-0.25, -0.2) is 5.84 Å². The lowest BCUT2D eigenvalue weighted by Gasteiger charge is -2.19. The Morgan fingerprint density at radius 1 is 1.16 bits per heavy atom. The van der Waals surface area contributed by atoms with E-state index in [9.17, 15) is 10.1 Å². The molecule has 7 heteroatoms. The summed E-state index contributed by atoms with van der Waals surface area (Å²) in [7, 11) is 0. The summed E-state index contributed by atoms with van der Waals surface area (Å²) in [6.07, 6.45) is 4.91. The van der Waals surface area contributed by atoms with Gasteiger partial charge in [0.2, 0.25) is 0 Å². The number of hydrazine groups is 1. The van der Waals surface area contributed by atoms with Crippen LogP contribution in [0.1, 0.15) is 40.9 Å². The molecule has 0 aliphatic carbocycles. The maximum atomic E-state index is 12.9. The van der Waals surface area contributed by atoms with Crippen LogP contribution in [-0.2, 0) is 5.41 Å². The van der Waals surface area contributed by atoms with Crippen LogP contribution in [-0.4, -0.2) is 10.9 Å². The lowest BCUT2D eigenvalue weighted by molar-refractivity contribution is 0.102. The van der Waals surface area contributed by atoms with E-state index >= 15 is 0 Å². The lowest BCUT2D eigenvalue weighted by Crippen LogP contribution is -2.27. The first-order valence-electron chi connectivity index (χ1n) is 10.1. The summed E-state index contributed by atoms with van der Waals surface area (Å²) in [5, 5.41) is 13.7. The Bertz CT molecular complexity index is 1190. The maximum absolute atomic E-state index is 12.9. The monoisotopic (exact) mass is 426 g/mol. The molecule has 0 saturated carbocycles. The highest BCUT2D eigenvalue weighted by molar-refractivity contribution is 6.05. The van der Waals surface area contributed by atoms with Gasteiger partial charge in [-0.2, -0.15) is 5.26 Å². The lowest BCUT2D eigenvalue weighted by atomic mass is 9.86. The SMILES string of the molecule is Cc1ccc(C(=O)Nc2cccc(C(C)(C)C#N)c2)cc1N(N)/C=C(\N)c1cccnc1. The zero-order valence-corrected chi connectivity index (χ0v) is 18.3. The fourth-order valence-electron chi connectivity index (χ4n) is 3.11. The summed E-state index contributed by atoms with van der Waals surface area (Å²) in [5.74, 6) is 5.95. The molecule has 0 bridgehead atoms. The number of nitriles is 1. The Balaban J connectivity index is 1.83. The van der Waals surface area contributed by atoms with E-state index in [1.807, 2.05) is 51.1 Å². The third-order valence-electron chi connectivity index (χ3n) is 5.14. The molecule has 0 atom stereocenters. The van der Waals surface area contributed by atoms with Crippen molar-refractivity contribution < 1.29 is 4.79 Å². The predicted molar refractivity (Wildman–Crippen MR) is 127 cm³/mol. The molecule has 0 spiro atoms. The van der Waals surface area contributed by atoms with Gasteiger partial charge in [0.15, 0.2) is 0 Å². The predicted octanol–water partition coefficient (Wildman–Crippen LogP) is 4.08. The number of benzene rings is 2. The molecular weight excluding hydrogens is 400 g/mol. The quantitative estimate of drug-likeness (QED) is 0.403. The van der Waals surface area contributed by atoms with Crippen molar-refractivity contribution in [1.82, 2.24) is 4.98 Å². The first-order valence-corrected chi connectivity index (χ1v) is 10.1. The van der Waals surface area contributed by atoms with Crippen molar-refractivity contribution in [1.29, 1.82) is 5.26 Å². The molecule has 32 heavy (non-hydrogen) atoms. The fourth-order valence-corrected chi connectivity index (χ4v) is 3.11. The van der Waals surface area contributed by atoms with Crippen LogP contribution in [0, 0.1) is 18.3 Å². The minimum Gasteiger partial charge on any atom is -0.397 e. The highest BCUT2D eigenvalue weighted by atomic mass is 16.1. The highest BCUT2D eigenvalue weighted by Gasteiger charge is 2.20. The molecule has 5 N–H and O–H groups in total. The summed E-state index contributed by atoms with van der Waals surface area (Å²) in [6, 6.07) is 18.5. The Morgan fingerprint density at radius 2 is 1.94 bits per heavy atom. The molecule has 0 aliphatic rings. The first-order chi connectivity index (χ1) is 15.2. The number of pyridine rings is 1. The average molecular weight is 427 g/mol. The fraction of sp³-hybridized carbons (Fsp3) is 0.160. The molecule has 1 amide bonds. The molecular formula is C25H26N6O. The standard InChI is InChI=1S/C25H26N6O/c1-17-9-10-18(12-23(17)31(28)15-22(27)19-6-5-11-29-14-19)24(32)30-21-8-4-7-20(13-21)25(2,3)16-26/h4-15H,27-28H2,1-3H3,(H,30,32)/b22-15-. The molecule has 0 aliphatic heterocycles. The van der Waals surface area contributed by atoms with Crippen LogP contribution in [0.5, 0.6) is 0 Å². The van der Waals surface area contributed by atoms with Crippen LogP contribution in [0.3, 0.4) is 0 Å². The number of nitrogens with two attached hydrogens (primary N) is 2. The van der Waals surface area contributed by atoms with Gasteiger partial charge in [-0.15, -0.1) is 0 Å². The van der Waals surface area contributed by atoms with Crippen LogP contribution in [0.25, 0.3) is 5.70 Å². The van der Waals surface area contributed by atoms with E-state index in [-0.39, 0.29) is 5.91 Å². The van der Waals surface area contributed by atoms with Gasteiger partial charge in [0, 0.05) is 35.4 Å². The third kappa shape index (κ3) is 5.12. The number of hydrogen-bond acceptors (Lipinski definition) is 6. The second-order valence-electron chi connectivity index (χ2n) is 8.01. The van der Waals surface area contributed by atoms with E-state index in [1.54, 1.807) is 42.9 Å². The summed E-state index contributed by atoms with van der Waals surface area (Å²) in [5.41, 5.74) is 10.1. The zero-order chi connectivity index (χ0) is 23.3. The topological polar surface area (TPSA) is 121 Å². The average Bonchev–Trinajstić information content (AvgIpc) is 2.80. The minimum atomic E-state index is -0.654. The number of carbonyl (C=O) groups is 1. The van der Waals surface area contributed by atoms with E-state index in [0.717, 1.165) is 16.7 Å². The van der Waals surface area contributed by atoms with Crippen molar-refractivity contribution in [3.63, 3.8) is 0 Å². The molecule has 162 valence electrons. The summed E-state index contributed by atoms with van der Waals surface area (Å²) in [4.78, 5) is 16.9. The van der Waals surface area contributed by atoms with E-state index in [4.69, 9.17) is 11.6 Å². The van der Waals surface area contributed by atoms with E-state index in [2.05, 4.69) is 16.4 Å². The molecule has 2 aromatic carbocycles. The van der Waals surface area contributed by atoms with E-state index in [1.165, 1.54) is 5.01 Å². The molecule has 0 unspecified atom stereocenters. The zero-order valence-electron chi connectivity index (χ0n) is 18.3. The number of amides is 1. The molecule has 7 nitrogen and oxygen atoms in total. The number of nitrogens with zero attached hydrogens (tertiary/aromatic N) is 3. The summed E-state index contributed by atoms with van der Waals surface area (Å²) >= 11 is 0. The van der Waals surface area contributed by atoms with Gasteiger partial charge in [0.1, 0.15) is 0 Å². The van der Waals surface area contributed by atoms with E-state index < -0.39 is 5.41 Å². The third-order valence-corrected chi connectivity index (χ3v) is 5.14. The van der Waals surface area contributed by atoms with Gasteiger partial charge >= 0.3 is 0 Å². The largest absolute Gasteiger partial charge is 0.397 e. The Morgan fingerprint density at radius 3 is 2.62 bits per heavy atom. The molecule has 0 radical (unpaired) electrons. The number of anilines is 2. The van der Waals surface area contributed by atoms with Crippen molar-refractivity contribution >= 4 is 23.0 Å². The second-order valence-corrected chi connectivity index (χ2v) is 8.01. The van der Waals surface area contributed by atoms with Crippen molar-refractivity contribution in [2.45, 2.75) is 26.2 Å². The highest BCUT2D eigenvalue weighted by Crippen LogP contribution is 2.26. The van der Waals surface area contributed by atoms with Crippen LogP contribution in [0.2, 0.25) is 0 Å². The van der Waals surface area contributed by atoms with Gasteiger partial charge < -0.3 is 11.1 Å². The van der Waals surface area contributed by atoms with Crippen LogP contribution >= 0.6 is 0 Å². The van der Waals surface area contributed by atoms with Crippen molar-refractivity contribution in [3.8, 4) is 6.07 Å². The molecule has 3 aromatic rings. The number of nitrogens with one attached hydrogen (secondary N) is 1. The van der Waals surface area contributed by atoms with Gasteiger partial charge in [-0.05, 0) is 68.3 Å². The normalized spacial score (nSPS) is 11.5. The number of aromatic nitrogens is 1. The second kappa shape index (κ2) is 9.33. The van der Waals surface area contributed by atoms with Crippen LogP contribution in [0.15, 0.2) is 73.2 Å². The van der Waals surface area contributed by atoms with Crippen LogP contribution < -0.4 is 21.9 Å². The van der Waals surface area contributed by atoms with Gasteiger partial charge in [0.05, 0.1) is 22.9 Å². The molecule has 1 aromatic heterocycles. The minimum absolute atomic E-state index is 0.282. The number of carbonyl (C=O) groups excluding carboxylic acids is 1. The van der Waals surface area contributed by atoms with Crippen molar-refractivity contribution in [2.24, 2.45) is 11.6 Å². The van der Waals surface area contributed by atoms with Crippen molar-refractivity contribution in [2.75, 3.05) is 10.3 Å². The molecule has 1 heterocycles. The first kappa shape index (κ1) is 22.5. The van der Waals surface area contributed by atoms with Crippen molar-refractivity contribution in [3.05, 3.63) is 95.4 Å².